The van der Waals surface area contributed by atoms with Gasteiger partial charge in [0.15, 0.2) is 0 Å². The Kier molecular flexibility index (Phi) is 5.83. The molecule has 0 spiro atoms. The van der Waals surface area contributed by atoms with Gasteiger partial charge in [-0.15, -0.1) is 0 Å². The van der Waals surface area contributed by atoms with E-state index >= 15 is 0 Å². The molecule has 0 saturated carbocycles. The zero-order chi connectivity index (χ0) is 19.5. The first kappa shape index (κ1) is 20.1. The fourth-order valence-electron chi connectivity index (χ4n) is 2.67. The smallest absolute Gasteiger partial charge is 0.416 e. The summed E-state index contributed by atoms with van der Waals surface area (Å²) < 4.78 is 43.1. The van der Waals surface area contributed by atoms with E-state index in [1.807, 2.05) is 0 Å². The Balaban J connectivity index is 1.95. The molecule has 1 saturated heterocycles. The van der Waals surface area contributed by atoms with Crippen molar-refractivity contribution in [2.45, 2.75) is 51.4 Å². The topological polar surface area (TPSA) is 58.6 Å². The zero-order valence-corrected chi connectivity index (χ0v) is 15.0. The largest absolute Gasteiger partial charge is 0.444 e. The summed E-state index contributed by atoms with van der Waals surface area (Å²) in [6, 6.07) is 3.77. The van der Waals surface area contributed by atoms with Crippen LogP contribution in [-0.4, -0.2) is 41.6 Å². The summed E-state index contributed by atoms with van der Waals surface area (Å²) in [5.41, 5.74) is -1.26. The SMILES string of the molecule is CC(C)(C)OC(=O)N1CCCC(NC(=O)c2ccc(C(F)(F)F)cc2)C1. The Morgan fingerprint density at radius 3 is 2.31 bits per heavy atom. The molecular formula is C18H23F3N2O3. The van der Waals surface area contributed by atoms with Gasteiger partial charge in [-0.3, -0.25) is 4.79 Å². The van der Waals surface area contributed by atoms with Crippen molar-refractivity contribution >= 4 is 12.0 Å². The van der Waals surface area contributed by atoms with Crippen LogP contribution in [0.3, 0.4) is 0 Å². The number of alkyl halides is 3. The van der Waals surface area contributed by atoms with Crippen LogP contribution in [0.4, 0.5) is 18.0 Å². The van der Waals surface area contributed by atoms with E-state index in [4.69, 9.17) is 4.74 Å². The zero-order valence-electron chi connectivity index (χ0n) is 15.0. The lowest BCUT2D eigenvalue weighted by Crippen LogP contribution is -2.50. The molecule has 1 atom stereocenters. The number of nitrogens with zero attached hydrogens (tertiary/aromatic N) is 1. The van der Waals surface area contributed by atoms with Crippen LogP contribution < -0.4 is 5.32 Å². The first-order valence-corrected chi connectivity index (χ1v) is 8.42. The Hall–Kier alpha value is -2.25. The van der Waals surface area contributed by atoms with Gasteiger partial charge >= 0.3 is 12.3 Å². The minimum absolute atomic E-state index is 0.146. The predicted octanol–water partition coefficient (Wildman–Crippen LogP) is 3.83. The summed E-state index contributed by atoms with van der Waals surface area (Å²) in [6.45, 7) is 6.18. The van der Waals surface area contributed by atoms with Gasteiger partial charge < -0.3 is 15.0 Å². The van der Waals surface area contributed by atoms with Gasteiger partial charge in [0.1, 0.15) is 5.60 Å². The molecule has 1 fully saturated rings. The molecule has 1 aliphatic rings. The number of piperidine rings is 1. The first-order chi connectivity index (χ1) is 12.0. The van der Waals surface area contributed by atoms with Gasteiger partial charge in [0, 0.05) is 24.7 Å². The van der Waals surface area contributed by atoms with Gasteiger partial charge in [-0.25, -0.2) is 4.79 Å². The number of rotatable bonds is 2. The highest BCUT2D eigenvalue weighted by Gasteiger charge is 2.31. The summed E-state index contributed by atoms with van der Waals surface area (Å²) in [7, 11) is 0. The maximum absolute atomic E-state index is 12.6. The van der Waals surface area contributed by atoms with Crippen molar-refractivity contribution in [2.75, 3.05) is 13.1 Å². The maximum Gasteiger partial charge on any atom is 0.416 e. The van der Waals surface area contributed by atoms with Gasteiger partial charge in [0.25, 0.3) is 5.91 Å². The second kappa shape index (κ2) is 7.55. The van der Waals surface area contributed by atoms with Crippen LogP contribution >= 0.6 is 0 Å². The molecule has 1 heterocycles. The lowest BCUT2D eigenvalue weighted by molar-refractivity contribution is -0.137. The van der Waals surface area contributed by atoms with E-state index in [0.717, 1.165) is 24.3 Å². The molecule has 0 radical (unpaired) electrons. The van der Waals surface area contributed by atoms with Crippen LogP contribution in [0, 0.1) is 0 Å². The molecule has 5 nitrogen and oxygen atoms in total. The van der Waals surface area contributed by atoms with Crippen LogP contribution in [-0.2, 0) is 10.9 Å². The Labute approximate surface area is 150 Å². The summed E-state index contributed by atoms with van der Waals surface area (Å²) in [4.78, 5) is 25.9. The fourth-order valence-corrected chi connectivity index (χ4v) is 2.67. The molecule has 1 aliphatic heterocycles. The van der Waals surface area contributed by atoms with Crippen LogP contribution in [0.2, 0.25) is 0 Å². The van der Waals surface area contributed by atoms with Crippen molar-refractivity contribution < 1.29 is 27.5 Å². The third kappa shape index (κ3) is 5.64. The number of amides is 2. The molecule has 1 aromatic carbocycles. The van der Waals surface area contributed by atoms with Crippen LogP contribution in [0.25, 0.3) is 0 Å². The number of halogens is 3. The average molecular weight is 372 g/mol. The molecule has 0 bridgehead atoms. The fraction of sp³-hybridized carbons (Fsp3) is 0.556. The molecule has 1 aromatic rings. The van der Waals surface area contributed by atoms with Crippen molar-refractivity contribution in [1.29, 1.82) is 0 Å². The molecule has 2 amide bonds. The highest BCUT2D eigenvalue weighted by atomic mass is 19.4. The van der Waals surface area contributed by atoms with Crippen molar-refractivity contribution in [2.24, 2.45) is 0 Å². The Bertz CT molecular complexity index is 651. The second-order valence-electron chi connectivity index (χ2n) is 7.31. The van der Waals surface area contributed by atoms with Crippen LogP contribution in [0.1, 0.15) is 49.5 Å². The lowest BCUT2D eigenvalue weighted by atomic mass is 10.0. The molecule has 2 rings (SSSR count). The summed E-state index contributed by atoms with van der Waals surface area (Å²) in [5.74, 6) is -0.463. The van der Waals surface area contributed by atoms with E-state index in [1.54, 1.807) is 20.8 Å². The summed E-state index contributed by atoms with van der Waals surface area (Å²) in [5, 5.41) is 2.77. The molecule has 8 heteroatoms. The number of carbonyl (C=O) groups excluding carboxylic acids is 2. The first-order valence-electron chi connectivity index (χ1n) is 8.42. The highest BCUT2D eigenvalue weighted by molar-refractivity contribution is 5.94. The van der Waals surface area contributed by atoms with E-state index < -0.39 is 29.3 Å². The van der Waals surface area contributed by atoms with Crippen molar-refractivity contribution in [3.05, 3.63) is 35.4 Å². The molecule has 144 valence electrons. The molecular weight excluding hydrogens is 349 g/mol. The minimum Gasteiger partial charge on any atom is -0.444 e. The second-order valence-corrected chi connectivity index (χ2v) is 7.31. The van der Waals surface area contributed by atoms with Gasteiger partial charge in [0.05, 0.1) is 5.56 Å². The monoisotopic (exact) mass is 372 g/mol. The Morgan fingerprint density at radius 2 is 1.77 bits per heavy atom. The van der Waals surface area contributed by atoms with E-state index in [0.29, 0.717) is 25.9 Å². The number of carbonyl (C=O) groups is 2. The van der Waals surface area contributed by atoms with Crippen molar-refractivity contribution in [3.8, 4) is 0 Å². The van der Waals surface area contributed by atoms with Gasteiger partial charge in [-0.05, 0) is 57.9 Å². The van der Waals surface area contributed by atoms with E-state index in [9.17, 15) is 22.8 Å². The summed E-state index contributed by atoms with van der Waals surface area (Å²) in [6.07, 6.45) is -3.49. The molecule has 0 aliphatic carbocycles. The average Bonchev–Trinajstić information content (AvgIpc) is 2.53. The van der Waals surface area contributed by atoms with Crippen molar-refractivity contribution in [3.63, 3.8) is 0 Å². The molecule has 1 unspecified atom stereocenters. The molecule has 26 heavy (non-hydrogen) atoms. The highest BCUT2D eigenvalue weighted by Crippen LogP contribution is 2.29. The van der Waals surface area contributed by atoms with Crippen LogP contribution in [0.15, 0.2) is 24.3 Å². The van der Waals surface area contributed by atoms with Gasteiger partial charge in [-0.1, -0.05) is 0 Å². The lowest BCUT2D eigenvalue weighted by Gasteiger charge is -2.34. The van der Waals surface area contributed by atoms with Gasteiger partial charge in [-0.2, -0.15) is 13.2 Å². The standard InChI is InChI=1S/C18H23F3N2O3/c1-17(2,3)26-16(25)23-10-4-5-14(11-23)22-15(24)12-6-8-13(9-7-12)18(19,20)21/h6-9,14H,4-5,10-11H2,1-3H3,(H,22,24). The van der Waals surface area contributed by atoms with Crippen molar-refractivity contribution in [1.82, 2.24) is 10.2 Å². The quantitative estimate of drug-likeness (QED) is 0.858. The normalized spacial score (nSPS) is 18.4. The maximum atomic E-state index is 12.6. The number of hydrogen-bond donors (Lipinski definition) is 1. The Morgan fingerprint density at radius 1 is 1.15 bits per heavy atom. The van der Waals surface area contributed by atoms with E-state index in [1.165, 1.54) is 4.90 Å². The van der Waals surface area contributed by atoms with Crippen LogP contribution in [0.5, 0.6) is 0 Å². The predicted molar refractivity (Wildman–Crippen MR) is 89.7 cm³/mol. The number of ether oxygens (including phenoxy) is 1. The third-order valence-electron chi connectivity index (χ3n) is 3.88. The summed E-state index contributed by atoms with van der Waals surface area (Å²) >= 11 is 0. The van der Waals surface area contributed by atoms with E-state index in [-0.39, 0.29) is 11.6 Å². The minimum atomic E-state index is -4.44. The number of nitrogens with one attached hydrogen (secondary N) is 1. The number of likely N-dealkylation sites (tertiary alicyclic amines) is 1. The molecule has 0 aromatic heterocycles. The van der Waals surface area contributed by atoms with E-state index in [2.05, 4.69) is 5.32 Å². The third-order valence-corrected chi connectivity index (χ3v) is 3.88. The van der Waals surface area contributed by atoms with Gasteiger partial charge in [0.2, 0.25) is 0 Å². The molecule has 1 N–H and O–H groups in total. The number of hydrogen-bond acceptors (Lipinski definition) is 3. The number of benzene rings is 1.